The van der Waals surface area contributed by atoms with E-state index in [1.807, 2.05) is 25.1 Å². The molecule has 9 heteroatoms. The smallest absolute Gasteiger partial charge is 0.296 e. The number of benzene rings is 1. The largest absolute Gasteiger partial charge is 0.435 e. The van der Waals surface area contributed by atoms with Crippen LogP contribution in [0.3, 0.4) is 0 Å². The zero-order valence-electron chi connectivity index (χ0n) is 22.7. The molecule has 6 nitrogen and oxygen atoms in total. The van der Waals surface area contributed by atoms with Gasteiger partial charge in [0.2, 0.25) is 0 Å². The molecule has 0 atom stereocenters. The van der Waals surface area contributed by atoms with Crippen molar-refractivity contribution in [2.24, 2.45) is 11.8 Å². The summed E-state index contributed by atoms with van der Waals surface area (Å²) in [6.45, 7) is 4.18. The van der Waals surface area contributed by atoms with Gasteiger partial charge >= 0.3 is 6.18 Å². The Balaban J connectivity index is 1.43. The summed E-state index contributed by atoms with van der Waals surface area (Å²) in [5.41, 5.74) is 2.98. The predicted octanol–water partition coefficient (Wildman–Crippen LogP) is 6.80. The number of Topliss-reactive ketones (excluding diaryl/α,β-unsaturated/α-hetero) is 1. The van der Waals surface area contributed by atoms with E-state index in [2.05, 4.69) is 27.9 Å². The fraction of sp³-hybridized carbons (Fsp3) is 0.419. The van der Waals surface area contributed by atoms with Crippen molar-refractivity contribution in [2.75, 3.05) is 0 Å². The van der Waals surface area contributed by atoms with Crippen LogP contribution in [0.4, 0.5) is 13.2 Å². The lowest BCUT2D eigenvalue weighted by molar-refractivity contribution is -0.141. The average molecular weight is 548 g/mol. The quantitative estimate of drug-likeness (QED) is 0.180. The Morgan fingerprint density at radius 3 is 2.60 bits per heavy atom. The SMILES string of the molecule is C#CCn1cc(-c2cnc3c(Cc4ccc(C(=O)C5CCC(CC)CC5)c(CC)c4)nccn23)c(C(F)(F)F)n1. The molecule has 0 unspecified atom stereocenters. The van der Waals surface area contributed by atoms with Crippen LogP contribution in [-0.2, 0) is 25.6 Å². The minimum atomic E-state index is -4.65. The molecule has 0 aliphatic heterocycles. The van der Waals surface area contributed by atoms with Crippen LogP contribution >= 0.6 is 0 Å². The van der Waals surface area contributed by atoms with Gasteiger partial charge in [0.15, 0.2) is 17.1 Å². The van der Waals surface area contributed by atoms with Crippen LogP contribution < -0.4 is 0 Å². The van der Waals surface area contributed by atoms with E-state index in [-0.39, 0.29) is 29.5 Å². The summed E-state index contributed by atoms with van der Waals surface area (Å²) in [7, 11) is 0. The Morgan fingerprint density at radius 2 is 1.93 bits per heavy atom. The summed E-state index contributed by atoms with van der Waals surface area (Å²) in [4.78, 5) is 22.3. The van der Waals surface area contributed by atoms with Gasteiger partial charge in [-0.25, -0.2) is 4.98 Å². The second-order valence-corrected chi connectivity index (χ2v) is 10.5. The lowest BCUT2D eigenvalue weighted by atomic mass is 9.77. The average Bonchev–Trinajstić information content (AvgIpc) is 3.58. The first-order chi connectivity index (χ1) is 19.2. The van der Waals surface area contributed by atoms with Crippen molar-refractivity contribution < 1.29 is 18.0 Å². The number of halogens is 3. The van der Waals surface area contributed by atoms with E-state index in [0.717, 1.165) is 59.4 Å². The van der Waals surface area contributed by atoms with Gasteiger partial charge < -0.3 is 0 Å². The third-order valence-electron chi connectivity index (χ3n) is 8.04. The molecule has 0 radical (unpaired) electrons. The van der Waals surface area contributed by atoms with E-state index >= 15 is 0 Å². The minimum absolute atomic E-state index is 0.0785. The molecule has 3 aromatic heterocycles. The number of rotatable bonds is 8. The van der Waals surface area contributed by atoms with Crippen molar-refractivity contribution >= 4 is 11.4 Å². The molecule has 5 rings (SSSR count). The second-order valence-electron chi connectivity index (χ2n) is 10.5. The van der Waals surface area contributed by atoms with Crippen molar-refractivity contribution in [2.45, 2.75) is 71.5 Å². The van der Waals surface area contributed by atoms with Crippen molar-refractivity contribution in [1.29, 1.82) is 0 Å². The van der Waals surface area contributed by atoms with Gasteiger partial charge in [-0.3, -0.25) is 18.9 Å². The van der Waals surface area contributed by atoms with Crippen LogP contribution in [0, 0.1) is 24.2 Å². The maximum atomic E-state index is 13.8. The molecule has 40 heavy (non-hydrogen) atoms. The number of carbonyl (C=O) groups excluding carboxylic acids is 1. The van der Waals surface area contributed by atoms with Crippen LogP contribution in [0.15, 0.2) is 43.0 Å². The molecule has 0 N–H and O–H groups in total. The highest BCUT2D eigenvalue weighted by Gasteiger charge is 2.38. The third kappa shape index (κ3) is 5.40. The molecule has 1 aliphatic carbocycles. The van der Waals surface area contributed by atoms with Crippen molar-refractivity contribution in [3.8, 4) is 23.6 Å². The van der Waals surface area contributed by atoms with Gasteiger partial charge in [0, 0.05) is 36.5 Å². The minimum Gasteiger partial charge on any atom is -0.296 e. The molecule has 1 aliphatic rings. The fourth-order valence-corrected chi connectivity index (χ4v) is 5.83. The van der Waals surface area contributed by atoms with Crippen LogP contribution in [0.2, 0.25) is 0 Å². The fourth-order valence-electron chi connectivity index (χ4n) is 5.83. The molecule has 0 bridgehead atoms. The van der Waals surface area contributed by atoms with E-state index in [4.69, 9.17) is 6.42 Å². The van der Waals surface area contributed by atoms with Crippen molar-refractivity contribution in [1.82, 2.24) is 24.1 Å². The second kappa shape index (κ2) is 11.3. The van der Waals surface area contributed by atoms with E-state index < -0.39 is 11.9 Å². The molecule has 1 aromatic carbocycles. The number of imidazole rings is 1. The Bertz CT molecular complexity index is 1570. The summed E-state index contributed by atoms with van der Waals surface area (Å²) < 4.78 is 44.0. The lowest BCUT2D eigenvalue weighted by Crippen LogP contribution is -2.22. The molecule has 0 saturated heterocycles. The Kier molecular flexibility index (Phi) is 7.79. The van der Waals surface area contributed by atoms with Crippen LogP contribution in [0.5, 0.6) is 0 Å². The molecule has 4 aromatic rings. The van der Waals surface area contributed by atoms with E-state index in [9.17, 15) is 18.0 Å². The predicted molar refractivity (Wildman–Crippen MR) is 147 cm³/mol. The van der Waals surface area contributed by atoms with E-state index in [0.29, 0.717) is 17.8 Å². The molecule has 3 heterocycles. The van der Waals surface area contributed by atoms with E-state index in [1.165, 1.54) is 18.8 Å². The normalized spacial score (nSPS) is 17.7. The van der Waals surface area contributed by atoms with Gasteiger partial charge in [0.1, 0.15) is 6.54 Å². The molecular weight excluding hydrogens is 515 g/mol. The Morgan fingerprint density at radius 1 is 1.15 bits per heavy atom. The lowest BCUT2D eigenvalue weighted by Gasteiger charge is -2.27. The molecule has 208 valence electrons. The van der Waals surface area contributed by atoms with Gasteiger partial charge in [-0.1, -0.05) is 44.4 Å². The summed E-state index contributed by atoms with van der Waals surface area (Å²) >= 11 is 0. The molecular formula is C31H32F3N5O. The number of terminal acetylenes is 1. The van der Waals surface area contributed by atoms with Gasteiger partial charge in [-0.15, -0.1) is 6.42 Å². The van der Waals surface area contributed by atoms with Crippen molar-refractivity contribution in [3.63, 3.8) is 0 Å². The number of hydrogen-bond donors (Lipinski definition) is 0. The van der Waals surface area contributed by atoms with Gasteiger partial charge in [-0.05, 0) is 49.1 Å². The van der Waals surface area contributed by atoms with Gasteiger partial charge in [0.25, 0.3) is 0 Å². The number of ketones is 1. The zero-order valence-corrected chi connectivity index (χ0v) is 22.7. The molecule has 0 amide bonds. The number of alkyl halides is 3. The number of fused-ring (bicyclic) bond motifs is 1. The number of carbonyl (C=O) groups is 1. The molecule has 0 spiro atoms. The maximum Gasteiger partial charge on any atom is 0.435 e. The van der Waals surface area contributed by atoms with Crippen molar-refractivity contribution in [3.05, 3.63) is 71.1 Å². The van der Waals surface area contributed by atoms with Gasteiger partial charge in [-0.2, -0.15) is 18.3 Å². The highest BCUT2D eigenvalue weighted by atomic mass is 19.4. The number of aryl methyl sites for hydroxylation is 1. The Labute approximate surface area is 231 Å². The highest BCUT2D eigenvalue weighted by molar-refractivity contribution is 5.99. The number of nitrogens with zero attached hydrogens (tertiary/aromatic N) is 5. The summed E-state index contributed by atoms with van der Waals surface area (Å²) in [5.74, 6) is 3.37. The monoisotopic (exact) mass is 547 g/mol. The summed E-state index contributed by atoms with van der Waals surface area (Å²) in [5, 5.41) is 3.67. The number of hydrogen-bond acceptors (Lipinski definition) is 4. The molecule has 1 fully saturated rings. The van der Waals surface area contributed by atoms with Crippen LogP contribution in [0.1, 0.15) is 78.8 Å². The highest BCUT2D eigenvalue weighted by Crippen LogP contribution is 2.37. The maximum absolute atomic E-state index is 13.8. The first-order valence-corrected chi connectivity index (χ1v) is 13.8. The first kappa shape index (κ1) is 27.6. The zero-order chi connectivity index (χ0) is 28.4. The van der Waals surface area contributed by atoms with Gasteiger partial charge in [0.05, 0.1) is 23.1 Å². The topological polar surface area (TPSA) is 65.1 Å². The van der Waals surface area contributed by atoms with Crippen LogP contribution in [-0.4, -0.2) is 29.9 Å². The molecule has 1 saturated carbocycles. The van der Waals surface area contributed by atoms with Crippen LogP contribution in [0.25, 0.3) is 16.9 Å². The van der Waals surface area contributed by atoms with E-state index in [1.54, 1.807) is 16.8 Å². The summed E-state index contributed by atoms with van der Waals surface area (Å²) in [6.07, 6.45) is 12.9. The summed E-state index contributed by atoms with van der Waals surface area (Å²) in [6, 6.07) is 5.92. The Hall–Kier alpha value is -3.93. The number of aromatic nitrogens is 5. The first-order valence-electron chi connectivity index (χ1n) is 13.8. The third-order valence-corrected chi connectivity index (χ3v) is 8.04. The standard InChI is InChI=1S/C31H32F3N5O/c1-4-14-38-19-25(29(37-38)31(32,33)34)27-18-36-30-26(35-13-15-39(27)30)17-21-9-12-24(22(6-3)16-21)28(40)23-10-7-20(5-2)8-11-23/h1,9,12-13,15-16,18-20,23H,5-8,10-11,14,17H2,2-3H3.